The molecule has 8 heteroatoms. The van der Waals surface area contributed by atoms with Crippen LogP contribution < -0.4 is 14.2 Å². The highest BCUT2D eigenvalue weighted by Gasteiger charge is 2.31. The molecule has 0 unspecified atom stereocenters. The van der Waals surface area contributed by atoms with Gasteiger partial charge >= 0.3 is 0 Å². The van der Waals surface area contributed by atoms with E-state index in [4.69, 9.17) is 14.2 Å². The molecule has 0 saturated carbocycles. The molecule has 1 N–H and O–H groups in total. The number of likely N-dealkylation sites (tertiary alicyclic amines) is 1. The van der Waals surface area contributed by atoms with Gasteiger partial charge in [0.25, 0.3) is 0 Å². The maximum Gasteiger partial charge on any atom is 0.165 e. The fourth-order valence-corrected chi connectivity index (χ4v) is 4.18. The van der Waals surface area contributed by atoms with E-state index in [0.717, 1.165) is 31.6 Å². The highest BCUT2D eigenvalue weighted by Crippen LogP contribution is 2.30. The summed E-state index contributed by atoms with van der Waals surface area (Å²) in [5.41, 5.74) is 0.147. The Labute approximate surface area is 199 Å². The molecule has 1 fully saturated rings. The number of benzene rings is 2. The monoisotopic (exact) mass is 469 g/mol. The molecule has 7 nitrogen and oxygen atoms in total. The summed E-state index contributed by atoms with van der Waals surface area (Å²) in [6.45, 7) is 3.65. The van der Waals surface area contributed by atoms with Gasteiger partial charge in [0.2, 0.25) is 0 Å². The van der Waals surface area contributed by atoms with E-state index in [-0.39, 0.29) is 12.4 Å². The van der Waals surface area contributed by atoms with E-state index in [9.17, 15) is 9.50 Å². The van der Waals surface area contributed by atoms with Crippen LogP contribution in [-0.2, 0) is 13.1 Å². The largest absolute Gasteiger partial charge is 0.493 e. The van der Waals surface area contributed by atoms with E-state index < -0.39 is 11.4 Å². The molecule has 0 bridgehead atoms. The van der Waals surface area contributed by atoms with Crippen molar-refractivity contribution in [2.75, 3.05) is 33.4 Å². The molecule has 1 aliphatic rings. The Morgan fingerprint density at radius 2 is 1.94 bits per heavy atom. The van der Waals surface area contributed by atoms with Gasteiger partial charge in [0.1, 0.15) is 13.2 Å². The quantitative estimate of drug-likeness (QED) is 0.486. The van der Waals surface area contributed by atoms with E-state index in [2.05, 4.69) is 9.88 Å². The van der Waals surface area contributed by atoms with Gasteiger partial charge in [-0.2, -0.15) is 0 Å². The minimum absolute atomic E-state index is 0.0840. The van der Waals surface area contributed by atoms with Crippen molar-refractivity contribution in [2.45, 2.75) is 38.0 Å². The van der Waals surface area contributed by atoms with Gasteiger partial charge < -0.3 is 23.9 Å². The first kappa shape index (κ1) is 24.0. The van der Waals surface area contributed by atoms with Crippen molar-refractivity contribution in [1.82, 2.24) is 14.5 Å². The lowest BCUT2D eigenvalue weighted by molar-refractivity contribution is -0.0177. The summed E-state index contributed by atoms with van der Waals surface area (Å²) in [6.07, 6.45) is 7.42. The van der Waals surface area contributed by atoms with Crippen LogP contribution in [0.15, 0.2) is 61.2 Å². The van der Waals surface area contributed by atoms with Gasteiger partial charge in [-0.3, -0.25) is 4.90 Å². The molecular weight excluding hydrogens is 437 g/mol. The predicted octanol–water partition coefficient (Wildman–Crippen LogP) is 3.91. The molecule has 0 radical (unpaired) electrons. The highest BCUT2D eigenvalue weighted by atomic mass is 19.1. The Morgan fingerprint density at radius 3 is 2.74 bits per heavy atom. The zero-order valence-electron chi connectivity index (χ0n) is 19.5. The van der Waals surface area contributed by atoms with Gasteiger partial charge in [-0.1, -0.05) is 18.2 Å². The maximum absolute atomic E-state index is 13.8. The highest BCUT2D eigenvalue weighted by molar-refractivity contribution is 5.43. The van der Waals surface area contributed by atoms with Crippen molar-refractivity contribution in [1.29, 1.82) is 0 Å². The number of methoxy groups -OCH3 is 1. The minimum Gasteiger partial charge on any atom is -0.493 e. The Hall–Kier alpha value is -3.10. The lowest BCUT2D eigenvalue weighted by atomic mass is 9.96. The van der Waals surface area contributed by atoms with E-state index >= 15 is 0 Å². The van der Waals surface area contributed by atoms with E-state index in [1.165, 1.54) is 6.07 Å². The van der Waals surface area contributed by atoms with Crippen molar-refractivity contribution in [3.8, 4) is 17.2 Å². The van der Waals surface area contributed by atoms with Crippen LogP contribution >= 0.6 is 0 Å². The summed E-state index contributed by atoms with van der Waals surface area (Å²) in [6, 6.07) is 12.3. The second-order valence-corrected chi connectivity index (χ2v) is 8.71. The summed E-state index contributed by atoms with van der Waals surface area (Å²) >= 11 is 0. The maximum atomic E-state index is 13.8. The van der Waals surface area contributed by atoms with E-state index in [0.29, 0.717) is 37.5 Å². The average Bonchev–Trinajstić information content (AvgIpc) is 3.29. The average molecular weight is 470 g/mol. The molecule has 1 saturated heterocycles. The lowest BCUT2D eigenvalue weighted by Gasteiger charge is -2.27. The van der Waals surface area contributed by atoms with Gasteiger partial charge in [-0.25, -0.2) is 9.37 Å². The van der Waals surface area contributed by atoms with Gasteiger partial charge in [0.05, 0.1) is 25.6 Å². The Balaban J connectivity index is 1.29. The molecule has 1 aromatic heterocycles. The standard InChI is InChI=1S/C26H32FN3O4/c1-32-25-17-21(7-8-24(25)33-16-15-30-14-11-28-20-30)18-29-12-4-9-26(31,10-13-29)19-34-23-6-3-2-5-22(23)27/h2-3,5-8,11,14,17,20,31H,4,9-10,12-13,15-16,18-19H2,1H3/t26-/m1/s1. The Kier molecular flexibility index (Phi) is 8.03. The second kappa shape index (κ2) is 11.4. The normalized spacial score (nSPS) is 18.9. The van der Waals surface area contributed by atoms with Crippen LogP contribution in [0.25, 0.3) is 0 Å². The first-order valence-electron chi connectivity index (χ1n) is 11.6. The van der Waals surface area contributed by atoms with Crippen LogP contribution in [0.3, 0.4) is 0 Å². The summed E-state index contributed by atoms with van der Waals surface area (Å²) in [5.74, 6) is 1.18. The molecule has 2 heterocycles. The van der Waals surface area contributed by atoms with Crippen molar-refractivity contribution in [3.63, 3.8) is 0 Å². The second-order valence-electron chi connectivity index (χ2n) is 8.71. The van der Waals surface area contributed by atoms with Crippen molar-refractivity contribution in [3.05, 3.63) is 72.6 Å². The van der Waals surface area contributed by atoms with Crippen LogP contribution in [0, 0.1) is 5.82 Å². The fraction of sp³-hybridized carbons (Fsp3) is 0.423. The third-order valence-electron chi connectivity index (χ3n) is 6.14. The summed E-state index contributed by atoms with van der Waals surface area (Å²) in [5, 5.41) is 11.0. The molecule has 0 amide bonds. The molecule has 2 aromatic carbocycles. The van der Waals surface area contributed by atoms with Gasteiger partial charge in [0.15, 0.2) is 23.1 Å². The van der Waals surface area contributed by atoms with Gasteiger partial charge in [-0.15, -0.1) is 0 Å². The molecule has 1 atom stereocenters. The van der Waals surface area contributed by atoms with Gasteiger partial charge in [-0.05, 0) is 55.6 Å². The van der Waals surface area contributed by atoms with Gasteiger partial charge in [0, 0.05) is 25.5 Å². The molecule has 0 spiro atoms. The SMILES string of the molecule is COc1cc(CN2CCC[C@](O)(COc3ccccc3F)CC2)ccc1OCCn1ccnc1. The number of imidazole rings is 1. The van der Waals surface area contributed by atoms with Crippen molar-refractivity contribution < 1.29 is 23.7 Å². The number of rotatable bonds is 10. The molecular formula is C26H32FN3O4. The van der Waals surface area contributed by atoms with Crippen LogP contribution in [-0.4, -0.2) is 58.6 Å². The van der Waals surface area contributed by atoms with E-state index in [1.807, 2.05) is 29.0 Å². The molecule has 0 aliphatic carbocycles. The van der Waals surface area contributed by atoms with Crippen LogP contribution in [0.5, 0.6) is 17.2 Å². The number of aliphatic hydroxyl groups is 1. The number of halogens is 1. The number of aromatic nitrogens is 2. The smallest absolute Gasteiger partial charge is 0.165 e. The Bertz CT molecular complexity index is 1050. The predicted molar refractivity (Wildman–Crippen MR) is 127 cm³/mol. The Morgan fingerprint density at radius 1 is 1.06 bits per heavy atom. The zero-order valence-corrected chi connectivity index (χ0v) is 19.5. The number of nitrogens with zero attached hydrogens (tertiary/aromatic N) is 3. The first-order chi connectivity index (χ1) is 16.5. The van der Waals surface area contributed by atoms with Crippen LogP contribution in [0.1, 0.15) is 24.8 Å². The van der Waals surface area contributed by atoms with Crippen LogP contribution in [0.4, 0.5) is 4.39 Å². The molecule has 3 aromatic rings. The molecule has 4 rings (SSSR count). The third kappa shape index (κ3) is 6.48. The number of para-hydroxylation sites is 1. The van der Waals surface area contributed by atoms with E-state index in [1.54, 1.807) is 37.8 Å². The van der Waals surface area contributed by atoms with Crippen molar-refractivity contribution in [2.24, 2.45) is 0 Å². The molecule has 1 aliphatic heterocycles. The first-order valence-corrected chi connectivity index (χ1v) is 11.6. The van der Waals surface area contributed by atoms with Crippen molar-refractivity contribution >= 4 is 0 Å². The molecule has 182 valence electrons. The number of hydrogen-bond donors (Lipinski definition) is 1. The molecule has 34 heavy (non-hydrogen) atoms. The van der Waals surface area contributed by atoms with Crippen LogP contribution in [0.2, 0.25) is 0 Å². The topological polar surface area (TPSA) is 69.0 Å². The zero-order chi connectivity index (χ0) is 23.8. The summed E-state index contributed by atoms with van der Waals surface area (Å²) < 4.78 is 32.9. The summed E-state index contributed by atoms with van der Waals surface area (Å²) in [7, 11) is 1.64. The lowest BCUT2D eigenvalue weighted by Crippen LogP contribution is -2.37. The summed E-state index contributed by atoms with van der Waals surface area (Å²) in [4.78, 5) is 6.35. The number of hydrogen-bond acceptors (Lipinski definition) is 6. The third-order valence-corrected chi connectivity index (χ3v) is 6.14. The number of ether oxygens (including phenoxy) is 3. The fourth-order valence-electron chi connectivity index (χ4n) is 4.18. The minimum atomic E-state index is -0.971.